The third-order valence-electron chi connectivity index (χ3n) is 2.54. The van der Waals surface area contributed by atoms with Crippen molar-refractivity contribution >= 4 is 23.5 Å². The van der Waals surface area contributed by atoms with Crippen LogP contribution in [0.2, 0.25) is 5.02 Å². The molecule has 0 radical (unpaired) electrons. The Bertz CT molecular complexity index is 688. The Hall–Kier alpha value is -2.60. The number of hydrogen-bond acceptors (Lipinski definition) is 5. The van der Waals surface area contributed by atoms with E-state index in [2.05, 4.69) is 9.99 Å². The average Bonchev–Trinajstić information content (AvgIpc) is 2.48. The molecule has 0 aliphatic rings. The molecule has 0 heterocycles. The first-order chi connectivity index (χ1) is 10.1. The van der Waals surface area contributed by atoms with Gasteiger partial charge in [0.1, 0.15) is 12.9 Å². The highest BCUT2D eigenvalue weighted by atomic mass is 35.5. The maximum Gasteiger partial charge on any atom is 0.312 e. The first-order valence-corrected chi connectivity index (χ1v) is 6.27. The molecule has 0 spiro atoms. The molecule has 0 atom stereocenters. The minimum absolute atomic E-state index is 0.0997. The number of rotatable bonds is 5. The van der Waals surface area contributed by atoms with E-state index in [9.17, 15) is 10.1 Å². The smallest absolute Gasteiger partial charge is 0.312 e. The highest BCUT2D eigenvalue weighted by Crippen LogP contribution is 2.34. The van der Waals surface area contributed by atoms with Gasteiger partial charge in [0.25, 0.3) is 0 Å². The van der Waals surface area contributed by atoms with Gasteiger partial charge in [-0.2, -0.15) is 0 Å². The van der Waals surface area contributed by atoms with Gasteiger partial charge in [-0.15, -0.1) is 0 Å². The van der Waals surface area contributed by atoms with Crippen molar-refractivity contribution in [3.63, 3.8) is 0 Å². The Kier molecular flexibility index (Phi) is 4.73. The van der Waals surface area contributed by atoms with E-state index in [1.807, 2.05) is 0 Å². The highest BCUT2D eigenvalue weighted by Gasteiger charge is 2.17. The van der Waals surface area contributed by atoms with Gasteiger partial charge in [0.05, 0.1) is 16.2 Å². The van der Waals surface area contributed by atoms with Crippen molar-refractivity contribution in [3.05, 3.63) is 63.2 Å². The lowest BCUT2D eigenvalue weighted by molar-refractivity contribution is -0.385. The summed E-state index contributed by atoms with van der Waals surface area (Å²) in [6.07, 6.45) is 1.37. The molecule has 7 heteroatoms. The number of ether oxygens (including phenoxy) is 1. The second-order valence-electron chi connectivity index (χ2n) is 3.93. The number of halogens is 1. The summed E-state index contributed by atoms with van der Waals surface area (Å²) in [6, 6.07) is 11.2. The molecule has 0 N–H and O–H groups in total. The van der Waals surface area contributed by atoms with E-state index in [1.54, 1.807) is 30.3 Å². The lowest BCUT2D eigenvalue weighted by Crippen LogP contribution is -1.95. The summed E-state index contributed by atoms with van der Waals surface area (Å²) >= 11 is 5.97. The van der Waals surface area contributed by atoms with Gasteiger partial charge in [-0.1, -0.05) is 28.9 Å². The average molecular weight is 307 g/mol. The van der Waals surface area contributed by atoms with E-state index in [1.165, 1.54) is 25.5 Å². The molecule has 2 aromatic carbocycles. The monoisotopic (exact) mass is 306 g/mol. The zero-order valence-electron chi connectivity index (χ0n) is 11.0. The normalized spacial score (nSPS) is 10.6. The van der Waals surface area contributed by atoms with E-state index in [0.717, 1.165) is 0 Å². The predicted octanol–water partition coefficient (Wildman–Crippen LogP) is 4.02. The Morgan fingerprint density at radius 3 is 2.67 bits per heavy atom. The third kappa shape index (κ3) is 3.70. The maximum atomic E-state index is 11.1. The van der Waals surface area contributed by atoms with Crippen LogP contribution in [0.4, 0.5) is 5.69 Å². The van der Waals surface area contributed by atoms with E-state index >= 15 is 0 Å². The summed E-state index contributed by atoms with van der Waals surface area (Å²) in [5.41, 5.74) is 0.338. The van der Waals surface area contributed by atoms with Crippen LogP contribution in [0.25, 0.3) is 0 Å². The Balaban J connectivity index is 2.37. The minimum Gasteiger partial charge on any atom is -0.449 e. The Morgan fingerprint density at radius 1 is 1.24 bits per heavy atom. The molecule has 21 heavy (non-hydrogen) atoms. The molecule has 6 nitrogen and oxygen atoms in total. The Morgan fingerprint density at radius 2 is 2.00 bits per heavy atom. The molecule has 2 aromatic rings. The maximum absolute atomic E-state index is 11.1. The quantitative estimate of drug-likeness (QED) is 0.475. The lowest BCUT2D eigenvalue weighted by Gasteiger charge is -2.08. The van der Waals surface area contributed by atoms with Crippen molar-refractivity contribution in [3.8, 4) is 11.5 Å². The molecule has 0 amide bonds. The number of nitro benzene ring substituents is 1. The van der Waals surface area contributed by atoms with Crippen molar-refractivity contribution in [2.75, 3.05) is 7.11 Å². The second-order valence-corrected chi connectivity index (χ2v) is 4.34. The van der Waals surface area contributed by atoms with Crippen LogP contribution in [0.15, 0.2) is 47.6 Å². The van der Waals surface area contributed by atoms with Crippen LogP contribution in [-0.4, -0.2) is 18.2 Å². The highest BCUT2D eigenvalue weighted by molar-refractivity contribution is 6.32. The Labute approximate surface area is 125 Å². The standard InChI is InChI=1S/C14H11ClN2O4/c1-20-16-9-10-6-7-14(12(8-10)17(18)19)21-13-5-3-2-4-11(13)15/h2-9H,1H3. The van der Waals surface area contributed by atoms with Crippen LogP contribution in [-0.2, 0) is 4.84 Å². The van der Waals surface area contributed by atoms with Crippen molar-refractivity contribution in [2.24, 2.45) is 5.16 Å². The van der Waals surface area contributed by atoms with Crippen LogP contribution in [0, 0.1) is 10.1 Å². The number of benzene rings is 2. The van der Waals surface area contributed by atoms with Gasteiger partial charge in [0.2, 0.25) is 5.75 Å². The molecule has 0 fully saturated rings. The molecule has 108 valence electrons. The number of oxime groups is 1. The molecule has 0 aliphatic heterocycles. The number of hydrogen-bond donors (Lipinski definition) is 0. The summed E-state index contributed by atoms with van der Waals surface area (Å²) in [5, 5.41) is 15.1. The van der Waals surface area contributed by atoms with Gasteiger partial charge in [-0.3, -0.25) is 10.1 Å². The molecule has 0 bridgehead atoms. The van der Waals surface area contributed by atoms with Crippen molar-refractivity contribution < 1.29 is 14.5 Å². The fourth-order valence-corrected chi connectivity index (χ4v) is 1.78. The fourth-order valence-electron chi connectivity index (χ4n) is 1.60. The van der Waals surface area contributed by atoms with Gasteiger partial charge >= 0.3 is 5.69 Å². The van der Waals surface area contributed by atoms with Crippen LogP contribution < -0.4 is 4.74 Å². The summed E-state index contributed by atoms with van der Waals surface area (Å²) in [4.78, 5) is 15.1. The largest absolute Gasteiger partial charge is 0.449 e. The molecule has 0 aromatic heterocycles. The summed E-state index contributed by atoms with van der Waals surface area (Å²) in [5.74, 6) is 0.447. The summed E-state index contributed by atoms with van der Waals surface area (Å²) in [7, 11) is 1.39. The molecule has 0 saturated heterocycles. The topological polar surface area (TPSA) is 74.0 Å². The number of nitro groups is 1. The van der Waals surface area contributed by atoms with Gasteiger partial charge in [-0.25, -0.2) is 0 Å². The zero-order valence-corrected chi connectivity index (χ0v) is 11.8. The lowest BCUT2D eigenvalue weighted by atomic mass is 10.2. The second kappa shape index (κ2) is 6.71. The van der Waals surface area contributed by atoms with Crippen LogP contribution >= 0.6 is 11.6 Å². The zero-order chi connectivity index (χ0) is 15.2. The van der Waals surface area contributed by atoms with E-state index in [-0.39, 0.29) is 11.4 Å². The summed E-state index contributed by atoms with van der Waals surface area (Å²) in [6.45, 7) is 0. The van der Waals surface area contributed by atoms with Crippen LogP contribution in [0.5, 0.6) is 11.5 Å². The number of nitrogens with zero attached hydrogens (tertiary/aromatic N) is 2. The first-order valence-electron chi connectivity index (χ1n) is 5.89. The van der Waals surface area contributed by atoms with Crippen LogP contribution in [0.3, 0.4) is 0 Å². The minimum atomic E-state index is -0.531. The van der Waals surface area contributed by atoms with Gasteiger partial charge < -0.3 is 9.57 Å². The SMILES string of the molecule is CON=Cc1ccc(Oc2ccccc2Cl)c([N+](=O)[O-])c1. The number of para-hydroxylation sites is 1. The van der Waals surface area contributed by atoms with E-state index in [4.69, 9.17) is 16.3 Å². The molecule has 0 saturated carbocycles. The van der Waals surface area contributed by atoms with Gasteiger partial charge in [0, 0.05) is 11.6 Å². The van der Waals surface area contributed by atoms with Crippen molar-refractivity contribution in [1.82, 2.24) is 0 Å². The molecular formula is C14H11ClN2O4. The molecule has 0 unspecified atom stereocenters. The molecular weight excluding hydrogens is 296 g/mol. The van der Waals surface area contributed by atoms with Gasteiger partial charge in [0.15, 0.2) is 0 Å². The van der Waals surface area contributed by atoms with Crippen LogP contribution in [0.1, 0.15) is 5.56 Å². The predicted molar refractivity (Wildman–Crippen MR) is 79.2 cm³/mol. The van der Waals surface area contributed by atoms with E-state index < -0.39 is 4.92 Å². The third-order valence-corrected chi connectivity index (χ3v) is 2.86. The molecule has 2 rings (SSSR count). The van der Waals surface area contributed by atoms with Crippen molar-refractivity contribution in [1.29, 1.82) is 0 Å². The van der Waals surface area contributed by atoms with Crippen molar-refractivity contribution in [2.45, 2.75) is 0 Å². The van der Waals surface area contributed by atoms with E-state index in [0.29, 0.717) is 16.3 Å². The fraction of sp³-hybridized carbons (Fsp3) is 0.0714. The summed E-state index contributed by atoms with van der Waals surface area (Å²) < 4.78 is 5.51. The van der Waals surface area contributed by atoms with Gasteiger partial charge in [-0.05, 0) is 24.3 Å². The molecule has 0 aliphatic carbocycles. The first kappa shape index (κ1) is 14.8.